The van der Waals surface area contributed by atoms with Gasteiger partial charge in [-0.2, -0.15) is 13.5 Å². The monoisotopic (exact) mass is 785 g/mol. The van der Waals surface area contributed by atoms with E-state index in [4.69, 9.17) is 14.9 Å². The Bertz CT molecular complexity index is 1930. The topological polar surface area (TPSA) is 195 Å². The average molecular weight is 786 g/mol. The van der Waals surface area contributed by atoms with Crippen molar-refractivity contribution in [1.29, 1.82) is 0 Å². The van der Waals surface area contributed by atoms with Crippen LogP contribution in [0.25, 0.3) is 0 Å². The van der Waals surface area contributed by atoms with Gasteiger partial charge in [0.05, 0.1) is 30.2 Å². The number of benzene rings is 2. The number of nitrogens with one attached hydrogen (secondary N) is 2. The zero-order chi connectivity index (χ0) is 39.0. The number of hydrogen-bond acceptors (Lipinski definition) is 9. The Balaban J connectivity index is 1.47. The SMILES string of the molecule is CCCCCCCCCCCCCCCCCCN1C(C(C(=O)Nc2ccccc2OC)n2cc(C(=O)NS(N)(=O)=O)cn2)=Nc2ccccc2S1(=O)=O. The molecule has 0 fully saturated rings. The molecule has 4 N–H and O–H groups in total. The number of sulfonamides is 1. The van der Waals surface area contributed by atoms with Crippen LogP contribution in [0.4, 0.5) is 11.4 Å². The Labute approximate surface area is 320 Å². The molecule has 1 unspecified atom stereocenters. The third-order valence-corrected chi connectivity index (χ3v) is 11.7. The number of carbonyl (C=O) groups excluding carboxylic acids is 2. The van der Waals surface area contributed by atoms with Gasteiger partial charge < -0.3 is 10.1 Å². The van der Waals surface area contributed by atoms with Gasteiger partial charge in [0, 0.05) is 12.7 Å². The second-order valence-corrected chi connectivity index (χ2v) is 16.7. The van der Waals surface area contributed by atoms with E-state index in [0.717, 1.165) is 47.1 Å². The average Bonchev–Trinajstić information content (AvgIpc) is 3.62. The third kappa shape index (κ3) is 12.4. The molecule has 0 saturated carbocycles. The quantitative estimate of drug-likeness (QED) is 0.0808. The number of nitrogens with two attached hydrogens (primary N) is 1. The fourth-order valence-corrected chi connectivity index (χ4v) is 8.51. The summed E-state index contributed by atoms with van der Waals surface area (Å²) in [7, 11) is -7.13. The zero-order valence-electron chi connectivity index (χ0n) is 31.4. The second-order valence-electron chi connectivity index (χ2n) is 13.6. The molecule has 14 nitrogen and oxygen atoms in total. The van der Waals surface area contributed by atoms with Crippen molar-refractivity contribution in [2.75, 3.05) is 19.0 Å². The maximum atomic E-state index is 14.2. The summed E-state index contributed by atoms with van der Waals surface area (Å²) >= 11 is 0. The highest BCUT2D eigenvalue weighted by Crippen LogP contribution is 2.36. The van der Waals surface area contributed by atoms with Gasteiger partial charge in [0.1, 0.15) is 10.6 Å². The van der Waals surface area contributed by atoms with Gasteiger partial charge in [-0.1, -0.05) is 128 Å². The van der Waals surface area contributed by atoms with Crippen molar-refractivity contribution in [3.05, 3.63) is 66.5 Å². The molecule has 3 aromatic rings. The molecule has 0 aliphatic carbocycles. The first-order chi connectivity index (χ1) is 26.0. The van der Waals surface area contributed by atoms with Crippen LogP contribution >= 0.6 is 0 Å². The lowest BCUT2D eigenvalue weighted by atomic mass is 10.0. The van der Waals surface area contributed by atoms with E-state index in [2.05, 4.69) is 17.3 Å². The number of carbonyl (C=O) groups is 2. The lowest BCUT2D eigenvalue weighted by molar-refractivity contribution is -0.117. The number of amides is 2. The highest BCUT2D eigenvalue weighted by Gasteiger charge is 2.41. The maximum absolute atomic E-state index is 14.2. The number of amidine groups is 1. The second kappa shape index (κ2) is 21.0. The first-order valence-electron chi connectivity index (χ1n) is 19.0. The Hall–Kier alpha value is -4.28. The molecule has 0 radical (unpaired) electrons. The van der Waals surface area contributed by atoms with E-state index < -0.39 is 38.1 Å². The van der Waals surface area contributed by atoms with E-state index in [1.807, 2.05) is 0 Å². The van der Waals surface area contributed by atoms with E-state index in [-0.39, 0.29) is 28.5 Å². The molecule has 296 valence electrons. The lowest BCUT2D eigenvalue weighted by Crippen LogP contribution is -2.47. The normalized spacial score (nSPS) is 14.2. The van der Waals surface area contributed by atoms with Crippen LogP contribution in [0, 0.1) is 0 Å². The largest absolute Gasteiger partial charge is 0.495 e. The molecule has 1 aliphatic heterocycles. The van der Waals surface area contributed by atoms with Crippen molar-refractivity contribution in [3.8, 4) is 5.75 Å². The van der Waals surface area contributed by atoms with Gasteiger partial charge in [-0.25, -0.2) is 23.3 Å². The summed E-state index contributed by atoms with van der Waals surface area (Å²) in [5.41, 5.74) is 0.215. The maximum Gasteiger partial charge on any atom is 0.298 e. The molecule has 4 rings (SSSR count). The standard InChI is InChI=1S/C38H55N7O7S2/c1-3-4-5-6-7-8-9-10-11-12-13-14-15-16-17-22-27-45-36(41-32-24-19-21-26-34(32)53(45,48)49)35(38(47)42-31-23-18-20-25-33(31)52-2)44-29-30(28-40-44)37(46)43-54(39,50)51/h18-21,23-26,28-29,35H,3-17,22,27H2,1-2H3,(H,42,47)(H,43,46)(H2,39,50,51). The number of fused-ring (bicyclic) bond motifs is 1. The molecule has 54 heavy (non-hydrogen) atoms. The molecule has 1 aliphatic rings. The molecule has 2 amide bonds. The van der Waals surface area contributed by atoms with Crippen LogP contribution in [0.5, 0.6) is 5.75 Å². The van der Waals surface area contributed by atoms with Gasteiger partial charge in [-0.05, 0) is 30.7 Å². The minimum atomic E-state index is -4.40. The number of anilines is 1. The van der Waals surface area contributed by atoms with Gasteiger partial charge in [0.15, 0.2) is 11.9 Å². The predicted molar refractivity (Wildman–Crippen MR) is 210 cm³/mol. The highest BCUT2D eigenvalue weighted by molar-refractivity contribution is 7.90. The fraction of sp³-hybridized carbons (Fsp3) is 0.526. The van der Waals surface area contributed by atoms with Gasteiger partial charge in [-0.15, -0.1) is 0 Å². The molecule has 0 spiro atoms. The third-order valence-electron chi connectivity index (χ3n) is 9.36. The summed E-state index contributed by atoms with van der Waals surface area (Å²) in [6.45, 7) is 2.29. The summed E-state index contributed by atoms with van der Waals surface area (Å²) in [6, 6.07) is 11.4. The molecule has 2 aromatic carbocycles. The fourth-order valence-electron chi connectivity index (χ4n) is 6.51. The number of aliphatic imine (C=N–C) groups is 1. The van der Waals surface area contributed by atoms with Gasteiger partial charge in [0.25, 0.3) is 32.0 Å². The smallest absolute Gasteiger partial charge is 0.298 e. The number of methoxy groups -OCH3 is 1. The number of rotatable bonds is 24. The Morgan fingerprint density at radius 1 is 0.833 bits per heavy atom. The number of ether oxygens (including phenoxy) is 1. The summed E-state index contributed by atoms with van der Waals surface area (Å²) < 4.78 is 60.8. The van der Waals surface area contributed by atoms with E-state index >= 15 is 0 Å². The van der Waals surface area contributed by atoms with Crippen LogP contribution in [0.1, 0.15) is 126 Å². The first kappa shape index (κ1) is 42.5. The van der Waals surface area contributed by atoms with Crippen molar-refractivity contribution in [1.82, 2.24) is 18.8 Å². The van der Waals surface area contributed by atoms with Crippen molar-refractivity contribution in [2.45, 2.75) is 121 Å². The summed E-state index contributed by atoms with van der Waals surface area (Å²) in [4.78, 5) is 31.6. The van der Waals surface area contributed by atoms with E-state index in [1.165, 1.54) is 83.8 Å². The van der Waals surface area contributed by atoms with Crippen molar-refractivity contribution < 1.29 is 31.2 Å². The summed E-state index contributed by atoms with van der Waals surface area (Å²) in [5.74, 6) is -1.59. The number of unbranched alkanes of at least 4 members (excludes halogenated alkanes) is 15. The molecule has 0 bridgehead atoms. The Morgan fingerprint density at radius 2 is 1.39 bits per heavy atom. The van der Waals surface area contributed by atoms with Gasteiger partial charge in [0.2, 0.25) is 0 Å². The first-order valence-corrected chi connectivity index (χ1v) is 22.0. The number of para-hydroxylation sites is 3. The Kier molecular flexibility index (Phi) is 16.5. The number of hydrogen-bond donors (Lipinski definition) is 3. The Morgan fingerprint density at radius 3 is 1.98 bits per heavy atom. The van der Waals surface area contributed by atoms with Crippen LogP contribution in [-0.4, -0.2) is 62.2 Å². The highest BCUT2D eigenvalue weighted by atomic mass is 32.2. The van der Waals surface area contributed by atoms with E-state index in [0.29, 0.717) is 17.9 Å². The zero-order valence-corrected chi connectivity index (χ0v) is 33.0. The summed E-state index contributed by atoms with van der Waals surface area (Å²) in [6.07, 6.45) is 20.9. The van der Waals surface area contributed by atoms with Crippen molar-refractivity contribution in [3.63, 3.8) is 0 Å². The molecule has 1 atom stereocenters. The number of aromatic nitrogens is 2. The van der Waals surface area contributed by atoms with Crippen LogP contribution in [-0.2, 0) is 25.0 Å². The molecular weight excluding hydrogens is 731 g/mol. The lowest BCUT2D eigenvalue weighted by Gasteiger charge is -2.33. The molecule has 16 heteroatoms. The molecular formula is C38H55N7O7S2. The minimum absolute atomic E-state index is 0.00261. The van der Waals surface area contributed by atoms with Crippen molar-refractivity contribution in [2.24, 2.45) is 10.1 Å². The predicted octanol–water partition coefficient (Wildman–Crippen LogP) is 7.00. The molecule has 2 heterocycles. The molecule has 0 saturated heterocycles. The number of nitrogens with zero attached hydrogens (tertiary/aromatic N) is 4. The van der Waals surface area contributed by atoms with Crippen LogP contribution in [0.2, 0.25) is 0 Å². The molecule has 1 aromatic heterocycles. The van der Waals surface area contributed by atoms with Crippen molar-refractivity contribution >= 4 is 49.3 Å². The van der Waals surface area contributed by atoms with Crippen LogP contribution < -0.4 is 19.9 Å². The van der Waals surface area contributed by atoms with E-state index in [9.17, 15) is 26.4 Å². The van der Waals surface area contributed by atoms with Crippen LogP contribution in [0.3, 0.4) is 0 Å². The van der Waals surface area contributed by atoms with Gasteiger partial charge in [-0.3, -0.25) is 18.6 Å². The minimum Gasteiger partial charge on any atom is -0.495 e. The summed E-state index contributed by atoms with van der Waals surface area (Å²) in [5, 5.41) is 12.0. The van der Waals surface area contributed by atoms with Crippen LogP contribution in [0.15, 0.2) is 70.8 Å². The van der Waals surface area contributed by atoms with Gasteiger partial charge >= 0.3 is 0 Å². The van der Waals surface area contributed by atoms with E-state index in [1.54, 1.807) is 47.2 Å².